The Morgan fingerprint density at radius 2 is 2.08 bits per heavy atom. The zero-order valence-corrected chi connectivity index (χ0v) is 14.7. The van der Waals surface area contributed by atoms with Gasteiger partial charge < -0.3 is 15.6 Å². The summed E-state index contributed by atoms with van der Waals surface area (Å²) in [5.41, 5.74) is 10.5. The molecule has 1 aliphatic rings. The third-order valence-corrected chi connectivity index (χ3v) is 5.12. The zero-order chi connectivity index (χ0) is 19.2. The van der Waals surface area contributed by atoms with Gasteiger partial charge in [-0.1, -0.05) is 11.6 Å². The number of carbonyl (C=O) groups is 1. The highest BCUT2D eigenvalue weighted by atomic mass is 35.5. The van der Waals surface area contributed by atoms with Gasteiger partial charge in [0.2, 0.25) is 5.91 Å². The Bertz CT molecular complexity index is 922. The fourth-order valence-electron chi connectivity index (χ4n) is 3.32. The molecule has 1 aliphatic heterocycles. The lowest BCUT2D eigenvalue weighted by molar-refractivity contribution is -0.122. The number of pyridine rings is 1. The molecular formula is C16H17ClF2N6O. The quantitative estimate of drug-likeness (QED) is 0.701. The van der Waals surface area contributed by atoms with Crippen molar-refractivity contribution in [2.75, 3.05) is 18.0 Å². The van der Waals surface area contributed by atoms with E-state index in [0.29, 0.717) is 37.1 Å². The number of aromatic nitrogens is 2. The summed E-state index contributed by atoms with van der Waals surface area (Å²) >= 11 is 6.19. The molecule has 10 heteroatoms. The van der Waals surface area contributed by atoms with Gasteiger partial charge in [0, 0.05) is 24.7 Å². The molecule has 5 N–H and O–H groups in total. The van der Waals surface area contributed by atoms with Crippen molar-refractivity contribution in [2.24, 2.45) is 17.4 Å². The molecule has 1 fully saturated rings. The number of aromatic amines is 1. The molecule has 0 atom stereocenters. The fraction of sp³-hybridized carbons (Fsp3) is 0.438. The molecule has 0 spiro atoms. The Kier molecular flexibility index (Phi) is 4.50. The highest BCUT2D eigenvalue weighted by molar-refractivity contribution is 6.36. The van der Waals surface area contributed by atoms with Gasteiger partial charge in [-0.2, -0.15) is 14.0 Å². The molecule has 3 rings (SSSR count). The van der Waals surface area contributed by atoms with Crippen LogP contribution in [0.3, 0.4) is 0 Å². The Morgan fingerprint density at radius 3 is 2.58 bits per heavy atom. The number of alkyl halides is 2. The number of nitrogens with two attached hydrogens (primary N) is 2. The van der Waals surface area contributed by atoms with Crippen LogP contribution in [-0.2, 0) is 10.8 Å². The van der Waals surface area contributed by atoms with Gasteiger partial charge >= 0.3 is 6.05 Å². The second-order valence-corrected chi connectivity index (χ2v) is 6.75. The first kappa shape index (κ1) is 18.4. The fourth-order valence-corrected chi connectivity index (χ4v) is 3.51. The van der Waals surface area contributed by atoms with E-state index >= 15 is 0 Å². The molecule has 2 aromatic rings. The lowest BCUT2D eigenvalue weighted by atomic mass is 9.95. The minimum atomic E-state index is -3.80. The van der Waals surface area contributed by atoms with Crippen LogP contribution in [0.1, 0.15) is 29.8 Å². The molecule has 0 saturated carbocycles. The van der Waals surface area contributed by atoms with E-state index in [2.05, 4.69) is 9.97 Å². The number of fused-ring (bicyclic) bond motifs is 1. The summed E-state index contributed by atoms with van der Waals surface area (Å²) in [4.78, 5) is 20.0. The normalized spacial score (nSPS) is 16.1. The number of primary amides is 1. The summed E-state index contributed by atoms with van der Waals surface area (Å²) in [5, 5.41) is 9.74. The molecule has 0 unspecified atom stereocenters. The number of hydrogen-bond donors (Lipinski definition) is 3. The third kappa shape index (κ3) is 2.95. The van der Waals surface area contributed by atoms with Crippen LogP contribution < -0.4 is 16.4 Å². The second-order valence-electron chi connectivity index (χ2n) is 6.37. The Morgan fingerprint density at radius 1 is 1.46 bits per heavy atom. The smallest absolute Gasteiger partial charge is 0.345 e. The molecule has 0 bridgehead atoms. The molecule has 0 aliphatic carbocycles. The molecule has 0 radical (unpaired) electrons. The average Bonchev–Trinajstić information content (AvgIpc) is 2.87. The molecule has 1 amide bonds. The van der Waals surface area contributed by atoms with E-state index in [-0.39, 0.29) is 27.7 Å². The van der Waals surface area contributed by atoms with Crippen LogP contribution in [-0.4, -0.2) is 29.0 Å². The Balaban J connectivity index is 2.21. The summed E-state index contributed by atoms with van der Waals surface area (Å²) < 4.78 is 27.8. The van der Waals surface area contributed by atoms with Gasteiger partial charge in [0.05, 0.1) is 16.2 Å². The number of amides is 1. The van der Waals surface area contributed by atoms with E-state index in [1.807, 2.05) is 0 Å². The summed E-state index contributed by atoms with van der Waals surface area (Å²) in [7, 11) is 0. The lowest BCUT2D eigenvalue weighted by Gasteiger charge is -2.33. The van der Waals surface area contributed by atoms with Gasteiger partial charge in [-0.15, -0.1) is 0 Å². The first-order valence-corrected chi connectivity index (χ1v) is 8.36. The maximum Gasteiger partial charge on any atom is 0.345 e. The minimum Gasteiger partial charge on any atom is -0.369 e. The predicted octanol–water partition coefficient (Wildman–Crippen LogP) is 2.11. The average molecular weight is 383 g/mol. The van der Waals surface area contributed by atoms with Gasteiger partial charge in [0.15, 0.2) is 0 Å². The van der Waals surface area contributed by atoms with Crippen LogP contribution in [0.4, 0.5) is 14.5 Å². The van der Waals surface area contributed by atoms with Gasteiger partial charge in [-0.05, 0) is 19.8 Å². The van der Waals surface area contributed by atoms with Crippen molar-refractivity contribution < 1.29 is 13.6 Å². The number of rotatable bonds is 3. The Hall–Kier alpha value is -2.44. The number of piperidine rings is 1. The third-order valence-electron chi connectivity index (χ3n) is 4.66. The zero-order valence-electron chi connectivity index (χ0n) is 13.9. The van der Waals surface area contributed by atoms with E-state index < -0.39 is 17.6 Å². The van der Waals surface area contributed by atoms with Crippen molar-refractivity contribution in [3.8, 4) is 6.07 Å². The van der Waals surface area contributed by atoms with Crippen molar-refractivity contribution in [2.45, 2.75) is 25.8 Å². The molecule has 1 saturated heterocycles. The minimum absolute atomic E-state index is 0.135. The van der Waals surface area contributed by atoms with Crippen LogP contribution in [0.25, 0.3) is 11.0 Å². The van der Waals surface area contributed by atoms with Crippen LogP contribution in [0.5, 0.6) is 0 Å². The van der Waals surface area contributed by atoms with E-state index in [4.69, 9.17) is 23.1 Å². The summed E-state index contributed by atoms with van der Waals surface area (Å²) in [6, 6.07) is -1.99. The second kappa shape index (κ2) is 6.37. The van der Waals surface area contributed by atoms with Crippen molar-refractivity contribution in [3.05, 3.63) is 22.0 Å². The first-order valence-electron chi connectivity index (χ1n) is 7.98. The van der Waals surface area contributed by atoms with Crippen molar-refractivity contribution in [1.29, 1.82) is 5.26 Å². The van der Waals surface area contributed by atoms with E-state index in [1.54, 1.807) is 17.9 Å². The SMILES string of the molecule is Cc1[nH]c2c(N3CCC(C(N)=O)CC3)c(C#N)c(C(N)(F)F)nc2c1Cl. The molecule has 2 aromatic heterocycles. The van der Waals surface area contributed by atoms with Crippen molar-refractivity contribution in [1.82, 2.24) is 9.97 Å². The summed E-state index contributed by atoms with van der Waals surface area (Å²) in [6.45, 7) is 2.44. The topological polar surface area (TPSA) is 125 Å². The number of nitrogens with zero attached hydrogens (tertiary/aromatic N) is 3. The highest BCUT2D eigenvalue weighted by Crippen LogP contribution is 2.40. The largest absolute Gasteiger partial charge is 0.369 e. The number of hydrogen-bond acceptors (Lipinski definition) is 5. The number of anilines is 1. The highest BCUT2D eigenvalue weighted by Gasteiger charge is 2.36. The predicted molar refractivity (Wildman–Crippen MR) is 92.8 cm³/mol. The number of halogens is 3. The summed E-state index contributed by atoms with van der Waals surface area (Å²) in [5.74, 6) is -0.670. The van der Waals surface area contributed by atoms with Crippen LogP contribution in [0, 0.1) is 24.2 Å². The molecule has 3 heterocycles. The van der Waals surface area contributed by atoms with E-state index in [9.17, 15) is 18.8 Å². The Labute approximate surface area is 152 Å². The van der Waals surface area contributed by atoms with Crippen molar-refractivity contribution in [3.63, 3.8) is 0 Å². The molecule has 0 aromatic carbocycles. The maximum atomic E-state index is 13.9. The van der Waals surface area contributed by atoms with Crippen LogP contribution >= 0.6 is 11.6 Å². The van der Waals surface area contributed by atoms with Crippen molar-refractivity contribution >= 4 is 34.2 Å². The maximum absolute atomic E-state index is 13.9. The number of carbonyl (C=O) groups excluding carboxylic acids is 1. The molecular weight excluding hydrogens is 366 g/mol. The van der Waals surface area contributed by atoms with Gasteiger partial charge in [-0.3, -0.25) is 10.5 Å². The monoisotopic (exact) mass is 382 g/mol. The number of nitriles is 1. The molecule has 138 valence electrons. The molecule has 7 nitrogen and oxygen atoms in total. The van der Waals surface area contributed by atoms with E-state index in [0.717, 1.165) is 0 Å². The van der Waals surface area contributed by atoms with Gasteiger partial charge in [0.1, 0.15) is 22.8 Å². The summed E-state index contributed by atoms with van der Waals surface area (Å²) in [6.07, 6.45) is 0.928. The number of nitrogens with one attached hydrogen (secondary N) is 1. The van der Waals surface area contributed by atoms with Gasteiger partial charge in [-0.25, -0.2) is 4.98 Å². The van der Waals surface area contributed by atoms with Gasteiger partial charge in [0.25, 0.3) is 0 Å². The lowest BCUT2D eigenvalue weighted by Crippen LogP contribution is -2.39. The van der Waals surface area contributed by atoms with Crippen LogP contribution in [0.2, 0.25) is 5.02 Å². The standard InChI is InChI=1S/C16H17ClF2N6O/c1-7-10(17)11-12(23-7)13(9(6-20)14(24-11)16(18,19)22)25-4-2-8(3-5-25)15(21)26/h8,23H,2-5,22H2,1H3,(H2,21,26). The molecule has 26 heavy (non-hydrogen) atoms. The number of aryl methyl sites for hydroxylation is 1. The van der Waals surface area contributed by atoms with Crippen LogP contribution in [0.15, 0.2) is 0 Å². The first-order chi connectivity index (χ1) is 12.1. The van der Waals surface area contributed by atoms with E-state index in [1.165, 1.54) is 0 Å². The number of H-pyrrole nitrogens is 1.